The standard InChI is InChI=1S/C12H16N4O3S/c1-4-8-7-9(16(2)15-8)11-13-14-12(19-11)20-6-5-10(17)18-3/h7H,4-6H2,1-3H3. The Morgan fingerprint density at radius 2 is 2.30 bits per heavy atom. The molecule has 7 nitrogen and oxygen atoms in total. The molecule has 0 aliphatic heterocycles. The SMILES string of the molecule is CCc1cc(-c2nnc(SCCC(=O)OC)o2)n(C)n1. The minimum absolute atomic E-state index is 0.253. The van der Waals surface area contributed by atoms with Crippen molar-refractivity contribution in [1.29, 1.82) is 0 Å². The summed E-state index contributed by atoms with van der Waals surface area (Å²) >= 11 is 1.33. The van der Waals surface area contributed by atoms with Crippen LogP contribution in [0.4, 0.5) is 0 Å². The smallest absolute Gasteiger partial charge is 0.306 e. The maximum atomic E-state index is 11.0. The van der Waals surface area contributed by atoms with Crippen molar-refractivity contribution in [2.45, 2.75) is 25.0 Å². The van der Waals surface area contributed by atoms with E-state index in [1.165, 1.54) is 18.9 Å². The molecular weight excluding hydrogens is 280 g/mol. The molecule has 108 valence electrons. The Morgan fingerprint density at radius 3 is 2.95 bits per heavy atom. The van der Waals surface area contributed by atoms with Crippen molar-refractivity contribution in [2.24, 2.45) is 7.05 Å². The quantitative estimate of drug-likeness (QED) is 0.592. The Morgan fingerprint density at radius 1 is 1.50 bits per heavy atom. The summed E-state index contributed by atoms with van der Waals surface area (Å²) in [5.74, 6) is 0.719. The maximum absolute atomic E-state index is 11.0. The van der Waals surface area contributed by atoms with E-state index in [9.17, 15) is 4.79 Å². The van der Waals surface area contributed by atoms with Gasteiger partial charge >= 0.3 is 5.97 Å². The number of nitrogens with zero attached hydrogens (tertiary/aromatic N) is 4. The van der Waals surface area contributed by atoms with E-state index in [1.807, 2.05) is 20.0 Å². The van der Waals surface area contributed by atoms with Crippen molar-refractivity contribution in [3.8, 4) is 11.6 Å². The van der Waals surface area contributed by atoms with Crippen LogP contribution in [0, 0.1) is 0 Å². The summed E-state index contributed by atoms with van der Waals surface area (Å²) < 4.78 is 11.8. The third-order valence-electron chi connectivity index (χ3n) is 2.68. The van der Waals surface area contributed by atoms with E-state index in [-0.39, 0.29) is 5.97 Å². The van der Waals surface area contributed by atoms with E-state index < -0.39 is 0 Å². The zero-order valence-corrected chi connectivity index (χ0v) is 12.4. The molecule has 0 unspecified atom stereocenters. The van der Waals surface area contributed by atoms with Gasteiger partial charge in [0.15, 0.2) is 0 Å². The van der Waals surface area contributed by atoms with Gasteiger partial charge in [-0.25, -0.2) is 0 Å². The Hall–Kier alpha value is -1.83. The van der Waals surface area contributed by atoms with Gasteiger partial charge in [0.25, 0.3) is 11.1 Å². The minimum Gasteiger partial charge on any atom is -0.469 e. The molecule has 20 heavy (non-hydrogen) atoms. The number of rotatable bonds is 6. The van der Waals surface area contributed by atoms with E-state index in [4.69, 9.17) is 4.42 Å². The number of ether oxygens (including phenoxy) is 1. The first-order chi connectivity index (χ1) is 9.63. The number of aryl methyl sites for hydroxylation is 2. The molecule has 0 saturated carbocycles. The average molecular weight is 296 g/mol. The molecule has 0 radical (unpaired) electrons. The summed E-state index contributed by atoms with van der Waals surface area (Å²) in [6, 6.07) is 1.93. The molecule has 0 spiro atoms. The second kappa shape index (κ2) is 6.56. The number of aromatic nitrogens is 4. The van der Waals surface area contributed by atoms with Crippen molar-refractivity contribution in [3.05, 3.63) is 11.8 Å². The van der Waals surface area contributed by atoms with Crippen LogP contribution in [0.25, 0.3) is 11.6 Å². The Balaban J connectivity index is 2.01. The molecule has 0 amide bonds. The molecule has 2 rings (SSSR count). The first-order valence-electron chi connectivity index (χ1n) is 6.20. The molecule has 2 aromatic heterocycles. The zero-order valence-electron chi connectivity index (χ0n) is 11.6. The van der Waals surface area contributed by atoms with Gasteiger partial charge in [-0.05, 0) is 12.5 Å². The second-order valence-electron chi connectivity index (χ2n) is 4.05. The highest BCUT2D eigenvalue weighted by molar-refractivity contribution is 7.99. The second-order valence-corrected chi connectivity index (χ2v) is 5.09. The van der Waals surface area contributed by atoms with Crippen LogP contribution in [0.2, 0.25) is 0 Å². The summed E-state index contributed by atoms with van der Waals surface area (Å²) in [7, 11) is 3.20. The lowest BCUT2D eigenvalue weighted by atomic mass is 10.3. The summed E-state index contributed by atoms with van der Waals surface area (Å²) in [4.78, 5) is 11.0. The fourth-order valence-corrected chi connectivity index (χ4v) is 2.27. The van der Waals surface area contributed by atoms with Crippen LogP contribution in [-0.4, -0.2) is 38.8 Å². The number of carbonyl (C=O) groups excluding carboxylic acids is 1. The number of hydrogen-bond acceptors (Lipinski definition) is 7. The molecule has 0 aromatic carbocycles. The van der Waals surface area contributed by atoms with E-state index in [0.29, 0.717) is 23.3 Å². The highest BCUT2D eigenvalue weighted by Gasteiger charge is 2.14. The average Bonchev–Trinajstić information content (AvgIpc) is 3.04. The number of hydrogen-bond donors (Lipinski definition) is 0. The first-order valence-corrected chi connectivity index (χ1v) is 7.19. The minimum atomic E-state index is -0.253. The van der Waals surface area contributed by atoms with Crippen LogP contribution in [-0.2, 0) is 23.0 Å². The van der Waals surface area contributed by atoms with Crippen LogP contribution in [0.3, 0.4) is 0 Å². The summed E-state index contributed by atoms with van der Waals surface area (Å²) in [6.45, 7) is 2.04. The van der Waals surface area contributed by atoms with E-state index in [0.717, 1.165) is 17.8 Å². The number of thioether (sulfide) groups is 1. The lowest BCUT2D eigenvalue weighted by Crippen LogP contribution is -2.00. The van der Waals surface area contributed by atoms with E-state index >= 15 is 0 Å². The molecule has 0 aliphatic carbocycles. The summed E-state index contributed by atoms with van der Waals surface area (Å²) in [6.07, 6.45) is 1.16. The van der Waals surface area contributed by atoms with Gasteiger partial charge < -0.3 is 9.15 Å². The Labute approximate surface area is 120 Å². The predicted molar refractivity (Wildman–Crippen MR) is 73.2 cm³/mol. The van der Waals surface area contributed by atoms with Crippen LogP contribution in [0.1, 0.15) is 19.0 Å². The van der Waals surface area contributed by atoms with Gasteiger partial charge in [-0.15, -0.1) is 10.2 Å². The van der Waals surface area contributed by atoms with Crippen LogP contribution in [0.15, 0.2) is 15.7 Å². The highest BCUT2D eigenvalue weighted by atomic mass is 32.2. The van der Waals surface area contributed by atoms with E-state index in [1.54, 1.807) is 4.68 Å². The van der Waals surface area contributed by atoms with Gasteiger partial charge in [0.1, 0.15) is 5.69 Å². The largest absolute Gasteiger partial charge is 0.469 e. The number of esters is 1. The third kappa shape index (κ3) is 3.38. The fourth-order valence-electron chi connectivity index (χ4n) is 1.59. The normalized spacial score (nSPS) is 10.8. The lowest BCUT2D eigenvalue weighted by molar-refractivity contribution is -0.140. The number of carbonyl (C=O) groups is 1. The molecule has 2 heterocycles. The van der Waals surface area contributed by atoms with Crippen LogP contribution >= 0.6 is 11.8 Å². The van der Waals surface area contributed by atoms with Gasteiger partial charge in [-0.3, -0.25) is 9.48 Å². The summed E-state index contributed by atoms with van der Waals surface area (Å²) in [5.41, 5.74) is 1.76. The molecule has 0 N–H and O–H groups in total. The topological polar surface area (TPSA) is 83.0 Å². The van der Waals surface area contributed by atoms with Crippen molar-refractivity contribution >= 4 is 17.7 Å². The molecule has 0 bridgehead atoms. The Kier molecular flexibility index (Phi) is 4.78. The van der Waals surface area contributed by atoms with Gasteiger partial charge in [0.05, 0.1) is 19.2 Å². The van der Waals surface area contributed by atoms with Crippen molar-refractivity contribution in [2.75, 3.05) is 12.9 Å². The van der Waals surface area contributed by atoms with Crippen LogP contribution in [0.5, 0.6) is 0 Å². The highest BCUT2D eigenvalue weighted by Crippen LogP contribution is 2.24. The molecule has 0 atom stereocenters. The Bertz CT molecular complexity index is 593. The van der Waals surface area contributed by atoms with Gasteiger partial charge in [-0.2, -0.15) is 5.10 Å². The number of methoxy groups -OCH3 is 1. The van der Waals surface area contributed by atoms with Gasteiger partial charge in [-0.1, -0.05) is 18.7 Å². The maximum Gasteiger partial charge on any atom is 0.306 e. The monoisotopic (exact) mass is 296 g/mol. The molecular formula is C12H16N4O3S. The zero-order chi connectivity index (χ0) is 14.5. The van der Waals surface area contributed by atoms with Crippen molar-refractivity contribution in [1.82, 2.24) is 20.0 Å². The fraction of sp³-hybridized carbons (Fsp3) is 0.500. The molecule has 0 aliphatic rings. The van der Waals surface area contributed by atoms with Crippen molar-refractivity contribution < 1.29 is 13.9 Å². The lowest BCUT2D eigenvalue weighted by Gasteiger charge is -1.96. The molecule has 0 saturated heterocycles. The molecule has 2 aromatic rings. The first kappa shape index (κ1) is 14.6. The van der Waals surface area contributed by atoms with Gasteiger partial charge in [0.2, 0.25) is 0 Å². The van der Waals surface area contributed by atoms with E-state index in [2.05, 4.69) is 20.0 Å². The van der Waals surface area contributed by atoms with Crippen molar-refractivity contribution in [3.63, 3.8) is 0 Å². The van der Waals surface area contributed by atoms with Gasteiger partial charge in [0, 0.05) is 12.8 Å². The summed E-state index contributed by atoms with van der Waals surface area (Å²) in [5, 5.41) is 12.7. The molecule has 8 heteroatoms. The molecule has 0 fully saturated rings. The predicted octanol–water partition coefficient (Wildman–Crippen LogP) is 1.69. The third-order valence-corrected chi connectivity index (χ3v) is 3.50. The van der Waals surface area contributed by atoms with Crippen LogP contribution < -0.4 is 0 Å².